The van der Waals surface area contributed by atoms with Crippen LogP contribution in [0.1, 0.15) is 28.6 Å². The highest BCUT2D eigenvalue weighted by Crippen LogP contribution is 2.32. The molecule has 1 aliphatic rings. The van der Waals surface area contributed by atoms with Crippen LogP contribution in [0, 0.1) is 0 Å². The third kappa shape index (κ3) is 4.02. The topological polar surface area (TPSA) is 97.6 Å². The van der Waals surface area contributed by atoms with Crippen molar-refractivity contribution in [2.45, 2.75) is 17.2 Å². The maximum Gasteiger partial charge on any atom is 0.322 e. The van der Waals surface area contributed by atoms with Gasteiger partial charge in [-0.15, -0.1) is 16.9 Å². The summed E-state index contributed by atoms with van der Waals surface area (Å²) in [5, 5.41) is 10.5. The Morgan fingerprint density at radius 2 is 1.97 bits per heavy atom. The van der Waals surface area contributed by atoms with Crippen LogP contribution in [0.15, 0.2) is 57.8 Å². The van der Waals surface area contributed by atoms with Crippen LogP contribution in [0.3, 0.4) is 0 Å². The van der Waals surface area contributed by atoms with E-state index >= 15 is 0 Å². The van der Waals surface area contributed by atoms with Gasteiger partial charge < -0.3 is 14.1 Å². The van der Waals surface area contributed by atoms with Crippen molar-refractivity contribution < 1.29 is 18.7 Å². The van der Waals surface area contributed by atoms with Gasteiger partial charge in [0, 0.05) is 23.5 Å². The molecule has 2 heterocycles. The molecular weight excluding hydrogens is 404 g/mol. The van der Waals surface area contributed by atoms with Crippen molar-refractivity contribution in [3.63, 3.8) is 0 Å². The molecule has 9 heteroatoms. The zero-order chi connectivity index (χ0) is 21.1. The monoisotopic (exact) mass is 424 g/mol. The lowest BCUT2D eigenvalue weighted by Gasteiger charge is -2.16. The summed E-state index contributed by atoms with van der Waals surface area (Å²) in [5.74, 6) is 0.110. The second-order valence-corrected chi connectivity index (χ2v) is 7.58. The number of carbonyl (C=O) groups is 2. The minimum absolute atomic E-state index is 0.00490. The van der Waals surface area contributed by atoms with Crippen LogP contribution in [0.4, 0.5) is 11.7 Å². The van der Waals surface area contributed by atoms with Crippen molar-refractivity contribution in [1.29, 1.82) is 0 Å². The van der Waals surface area contributed by atoms with Crippen LogP contribution in [0.5, 0.6) is 5.75 Å². The van der Waals surface area contributed by atoms with Crippen molar-refractivity contribution in [3.05, 3.63) is 60.0 Å². The van der Waals surface area contributed by atoms with Gasteiger partial charge in [-0.05, 0) is 42.7 Å². The lowest BCUT2D eigenvalue weighted by atomic mass is 10.1. The molecule has 2 aromatic carbocycles. The SMILES string of the molecule is COc1ccccc1C(=O)Nc1nnc(C2CC(=O)N(c3ccc(SC)cc3)C2)o1. The average Bonchev–Trinajstić information content (AvgIpc) is 3.40. The van der Waals surface area contributed by atoms with Gasteiger partial charge in [0.25, 0.3) is 5.91 Å². The van der Waals surface area contributed by atoms with E-state index in [2.05, 4.69) is 15.5 Å². The summed E-state index contributed by atoms with van der Waals surface area (Å²) >= 11 is 1.65. The Bertz CT molecular complexity index is 1070. The second-order valence-electron chi connectivity index (χ2n) is 6.70. The number of aromatic nitrogens is 2. The summed E-state index contributed by atoms with van der Waals surface area (Å²) in [6.45, 7) is 0.444. The molecule has 1 aromatic heterocycles. The van der Waals surface area contributed by atoms with Crippen LogP contribution in [-0.2, 0) is 4.79 Å². The number of ether oxygens (including phenoxy) is 1. The molecule has 0 saturated carbocycles. The van der Waals surface area contributed by atoms with Crippen molar-refractivity contribution in [2.24, 2.45) is 0 Å². The molecule has 1 aliphatic heterocycles. The van der Waals surface area contributed by atoms with E-state index in [0.717, 1.165) is 10.6 Å². The van der Waals surface area contributed by atoms with Gasteiger partial charge in [-0.3, -0.25) is 14.9 Å². The molecular formula is C21H20N4O4S. The van der Waals surface area contributed by atoms with Crippen LogP contribution in [-0.4, -0.2) is 41.9 Å². The third-order valence-electron chi connectivity index (χ3n) is 4.87. The highest BCUT2D eigenvalue weighted by Gasteiger charge is 2.35. The van der Waals surface area contributed by atoms with Gasteiger partial charge in [0.15, 0.2) is 0 Å². The summed E-state index contributed by atoms with van der Waals surface area (Å²) < 4.78 is 10.8. The van der Waals surface area contributed by atoms with E-state index < -0.39 is 5.91 Å². The van der Waals surface area contributed by atoms with E-state index in [1.54, 1.807) is 40.9 Å². The van der Waals surface area contributed by atoms with Crippen molar-refractivity contribution >= 4 is 35.3 Å². The number of benzene rings is 2. The van der Waals surface area contributed by atoms with Gasteiger partial charge in [-0.1, -0.05) is 17.2 Å². The molecule has 0 radical (unpaired) electrons. The van der Waals surface area contributed by atoms with Crippen LogP contribution >= 0.6 is 11.8 Å². The molecule has 4 rings (SSSR count). The Balaban J connectivity index is 1.45. The number of nitrogens with one attached hydrogen (secondary N) is 1. The lowest BCUT2D eigenvalue weighted by Crippen LogP contribution is -2.24. The maximum absolute atomic E-state index is 12.5. The van der Waals surface area contributed by atoms with Crippen LogP contribution in [0.25, 0.3) is 0 Å². The standard InChI is InChI=1S/C21H20N4O4S/c1-28-17-6-4-3-5-16(17)19(27)22-21-24-23-20(29-21)13-11-18(26)25(12-13)14-7-9-15(30-2)10-8-14/h3-10,13H,11-12H2,1-2H3,(H,22,24,27). The van der Waals surface area contributed by atoms with Crippen LogP contribution < -0.4 is 15.0 Å². The van der Waals surface area contributed by atoms with Crippen molar-refractivity contribution in [3.8, 4) is 5.75 Å². The summed E-state index contributed by atoms with van der Waals surface area (Å²) in [4.78, 5) is 27.8. The number of thioether (sulfide) groups is 1. The van der Waals surface area contributed by atoms with Gasteiger partial charge in [0.1, 0.15) is 5.75 Å². The fraction of sp³-hybridized carbons (Fsp3) is 0.238. The quantitative estimate of drug-likeness (QED) is 0.604. The third-order valence-corrected chi connectivity index (χ3v) is 5.61. The molecule has 1 N–H and O–H groups in total. The Kier molecular flexibility index (Phi) is 5.71. The van der Waals surface area contributed by atoms with E-state index in [9.17, 15) is 9.59 Å². The number of rotatable bonds is 6. The zero-order valence-corrected chi connectivity index (χ0v) is 17.3. The lowest BCUT2D eigenvalue weighted by molar-refractivity contribution is -0.117. The summed E-state index contributed by atoms with van der Waals surface area (Å²) in [5.41, 5.74) is 1.19. The first-order valence-corrected chi connectivity index (χ1v) is 10.5. The number of hydrogen-bond acceptors (Lipinski definition) is 7. The number of nitrogens with zero attached hydrogens (tertiary/aromatic N) is 3. The normalized spacial score (nSPS) is 16.0. The molecule has 8 nitrogen and oxygen atoms in total. The largest absolute Gasteiger partial charge is 0.496 e. The van der Waals surface area contributed by atoms with Gasteiger partial charge in [-0.2, -0.15) is 0 Å². The summed E-state index contributed by atoms with van der Waals surface area (Å²) in [6.07, 6.45) is 2.28. The molecule has 3 aromatic rings. The molecule has 0 bridgehead atoms. The molecule has 30 heavy (non-hydrogen) atoms. The number of amides is 2. The highest BCUT2D eigenvalue weighted by molar-refractivity contribution is 7.98. The van der Waals surface area contributed by atoms with Crippen LogP contribution in [0.2, 0.25) is 0 Å². The zero-order valence-electron chi connectivity index (χ0n) is 16.5. The first kappa shape index (κ1) is 20.0. The first-order valence-electron chi connectivity index (χ1n) is 9.31. The maximum atomic E-state index is 12.5. The minimum atomic E-state index is -0.416. The Morgan fingerprint density at radius 1 is 1.20 bits per heavy atom. The van der Waals surface area contributed by atoms with Gasteiger partial charge >= 0.3 is 6.01 Å². The molecule has 1 saturated heterocycles. The molecule has 154 valence electrons. The average molecular weight is 424 g/mol. The smallest absolute Gasteiger partial charge is 0.322 e. The number of carbonyl (C=O) groups excluding carboxylic acids is 2. The predicted octanol–water partition coefficient (Wildman–Crippen LogP) is 3.57. The highest BCUT2D eigenvalue weighted by atomic mass is 32.2. The molecule has 1 fully saturated rings. The van der Waals surface area contributed by atoms with Gasteiger partial charge in [0.05, 0.1) is 18.6 Å². The van der Waals surface area contributed by atoms with Gasteiger partial charge in [-0.25, -0.2) is 0 Å². The van der Waals surface area contributed by atoms with E-state index in [0.29, 0.717) is 23.7 Å². The summed E-state index contributed by atoms with van der Waals surface area (Å²) in [6, 6.07) is 14.7. The van der Waals surface area contributed by atoms with E-state index in [1.807, 2.05) is 30.5 Å². The second kappa shape index (κ2) is 8.58. The molecule has 0 aliphatic carbocycles. The first-order chi connectivity index (χ1) is 14.6. The fourth-order valence-corrected chi connectivity index (χ4v) is 3.74. The van der Waals surface area contributed by atoms with E-state index in [-0.39, 0.29) is 24.3 Å². The molecule has 0 spiro atoms. The number of hydrogen-bond donors (Lipinski definition) is 1. The van der Waals surface area contributed by atoms with E-state index in [4.69, 9.17) is 9.15 Å². The fourth-order valence-electron chi connectivity index (χ4n) is 3.33. The molecule has 2 amide bonds. The number of anilines is 2. The Hall–Kier alpha value is -3.33. The van der Waals surface area contributed by atoms with Gasteiger partial charge in [0.2, 0.25) is 11.8 Å². The Morgan fingerprint density at radius 3 is 2.70 bits per heavy atom. The Labute approximate surface area is 177 Å². The predicted molar refractivity (Wildman–Crippen MR) is 113 cm³/mol. The number of para-hydroxylation sites is 1. The number of methoxy groups -OCH3 is 1. The summed E-state index contributed by atoms with van der Waals surface area (Å²) in [7, 11) is 1.49. The molecule has 1 atom stereocenters. The minimum Gasteiger partial charge on any atom is -0.496 e. The van der Waals surface area contributed by atoms with E-state index in [1.165, 1.54) is 7.11 Å². The van der Waals surface area contributed by atoms with Crippen molar-refractivity contribution in [1.82, 2.24) is 10.2 Å². The molecule has 1 unspecified atom stereocenters. The van der Waals surface area contributed by atoms with Crippen molar-refractivity contribution in [2.75, 3.05) is 30.1 Å².